The number of aryl methyl sites for hydroxylation is 1. The van der Waals surface area contributed by atoms with Gasteiger partial charge in [0.1, 0.15) is 18.5 Å². The molecule has 2 aromatic rings. The van der Waals surface area contributed by atoms with E-state index in [0.29, 0.717) is 30.6 Å². The van der Waals surface area contributed by atoms with Gasteiger partial charge in [-0.1, -0.05) is 49.4 Å². The van der Waals surface area contributed by atoms with Gasteiger partial charge in [-0.3, -0.25) is 4.79 Å². The van der Waals surface area contributed by atoms with Crippen molar-refractivity contribution in [3.05, 3.63) is 65.7 Å². The van der Waals surface area contributed by atoms with Gasteiger partial charge in [-0.2, -0.15) is 0 Å². The zero-order chi connectivity index (χ0) is 21.3. The Morgan fingerprint density at radius 2 is 1.76 bits per heavy atom. The van der Waals surface area contributed by atoms with Gasteiger partial charge in [0, 0.05) is 19.5 Å². The Hall–Kier alpha value is -2.02. The molecule has 1 atom stereocenters. The van der Waals surface area contributed by atoms with Crippen LogP contribution in [0.3, 0.4) is 0 Å². The molecule has 0 aliphatic heterocycles. The first-order chi connectivity index (χ1) is 13.8. The molecule has 2 rings (SSSR count). The van der Waals surface area contributed by atoms with Gasteiger partial charge in [0.15, 0.2) is 5.78 Å². The summed E-state index contributed by atoms with van der Waals surface area (Å²) in [6, 6.07) is 16.5. The number of carbonyl (C=O) groups excluding carboxylic acids is 1. The zero-order valence-electron chi connectivity index (χ0n) is 16.5. The molecule has 0 saturated heterocycles. The third kappa shape index (κ3) is 7.72. The van der Waals surface area contributed by atoms with Crippen LogP contribution in [0.1, 0.15) is 35.7 Å². The molecular formula is C21H28NO6P. The maximum absolute atomic E-state index is 12.6. The van der Waals surface area contributed by atoms with Crippen molar-refractivity contribution in [3.8, 4) is 5.75 Å². The van der Waals surface area contributed by atoms with Crippen molar-refractivity contribution in [3.63, 3.8) is 0 Å². The molecule has 0 radical (unpaired) electrons. The topological polar surface area (TPSA) is 107 Å². The van der Waals surface area contributed by atoms with Crippen LogP contribution in [0.2, 0.25) is 0 Å². The predicted molar refractivity (Wildman–Crippen MR) is 111 cm³/mol. The van der Waals surface area contributed by atoms with E-state index in [2.05, 4.69) is 0 Å². The number of para-hydroxylation sites is 1. The highest BCUT2D eigenvalue weighted by atomic mass is 31.2. The Kier molecular flexibility index (Phi) is 9.01. The van der Waals surface area contributed by atoms with Crippen LogP contribution in [-0.2, 0) is 11.0 Å². The summed E-state index contributed by atoms with van der Waals surface area (Å²) in [7, 11) is -4.44. The normalized spacial score (nSPS) is 12.7. The molecule has 3 N–H and O–H groups in total. The summed E-state index contributed by atoms with van der Waals surface area (Å²) in [5.41, 5.74) is 1.50. The molecule has 0 saturated carbocycles. The van der Waals surface area contributed by atoms with Gasteiger partial charge in [-0.15, -0.1) is 0 Å². The number of aliphatic hydroxyl groups is 1. The molecule has 0 amide bonds. The number of rotatable bonds is 12. The lowest BCUT2D eigenvalue weighted by Gasteiger charge is -2.25. The Bertz CT molecular complexity index is 823. The van der Waals surface area contributed by atoms with Crippen LogP contribution in [0.5, 0.6) is 5.75 Å². The first-order valence-electron chi connectivity index (χ1n) is 9.59. The second kappa shape index (κ2) is 11.2. The Balaban J connectivity index is 1.95. The number of benzene rings is 2. The maximum Gasteiger partial charge on any atom is 0.403 e. The van der Waals surface area contributed by atoms with Crippen LogP contribution in [0, 0.1) is 0 Å². The number of aliphatic hydroxyl groups excluding tert-OH is 1. The van der Waals surface area contributed by atoms with Crippen LogP contribution < -0.4 is 4.74 Å². The van der Waals surface area contributed by atoms with Gasteiger partial charge < -0.3 is 19.6 Å². The first-order valence-corrected chi connectivity index (χ1v) is 11.2. The smallest absolute Gasteiger partial charge is 0.403 e. The minimum absolute atomic E-state index is 0.0678. The van der Waals surface area contributed by atoms with Crippen LogP contribution in [0.15, 0.2) is 54.6 Å². The highest BCUT2D eigenvalue weighted by Crippen LogP contribution is 2.39. The van der Waals surface area contributed by atoms with E-state index in [9.17, 15) is 24.3 Å². The summed E-state index contributed by atoms with van der Waals surface area (Å²) in [5.74, 6) is 0.282. The van der Waals surface area contributed by atoms with Gasteiger partial charge in [0.2, 0.25) is 0 Å². The molecule has 0 bridgehead atoms. The standard InChI is InChI=1S/C21H28NO6P/c1-2-14-22(29(25,26)27)15-18(23)16-28-21-11-7-6-10-19(21)20(24)13-12-17-8-4-3-5-9-17/h3-11,18,23H,2,12-16H2,1H3,(H2,25,26,27). The lowest BCUT2D eigenvalue weighted by Crippen LogP contribution is -2.34. The second-order valence-electron chi connectivity index (χ2n) is 6.80. The largest absolute Gasteiger partial charge is 0.490 e. The summed E-state index contributed by atoms with van der Waals surface area (Å²) in [6.45, 7) is 1.56. The van der Waals surface area contributed by atoms with E-state index in [1.807, 2.05) is 30.3 Å². The molecule has 7 nitrogen and oxygen atoms in total. The highest BCUT2D eigenvalue weighted by molar-refractivity contribution is 7.49. The third-order valence-electron chi connectivity index (χ3n) is 4.37. The molecule has 158 valence electrons. The zero-order valence-corrected chi connectivity index (χ0v) is 17.4. The fraction of sp³-hybridized carbons (Fsp3) is 0.381. The average molecular weight is 421 g/mol. The number of nitrogens with zero attached hydrogens (tertiary/aromatic N) is 1. The van der Waals surface area contributed by atoms with E-state index < -0.39 is 13.9 Å². The Labute approximate surface area is 171 Å². The van der Waals surface area contributed by atoms with Crippen molar-refractivity contribution in [1.82, 2.24) is 4.67 Å². The summed E-state index contributed by atoms with van der Waals surface area (Å²) in [6.07, 6.45) is 0.374. The van der Waals surface area contributed by atoms with Crippen LogP contribution >= 0.6 is 7.75 Å². The monoisotopic (exact) mass is 421 g/mol. The summed E-state index contributed by atoms with van der Waals surface area (Å²) >= 11 is 0. The molecule has 29 heavy (non-hydrogen) atoms. The van der Waals surface area contributed by atoms with Crippen molar-refractivity contribution in [2.24, 2.45) is 0 Å². The summed E-state index contributed by atoms with van der Waals surface area (Å²) < 4.78 is 18.0. The Morgan fingerprint density at radius 1 is 1.10 bits per heavy atom. The van der Waals surface area contributed by atoms with Gasteiger partial charge in [0.05, 0.1) is 5.56 Å². The first kappa shape index (κ1) is 23.3. The van der Waals surface area contributed by atoms with Gasteiger partial charge in [0.25, 0.3) is 0 Å². The number of ketones is 1. The van der Waals surface area contributed by atoms with Crippen LogP contribution in [0.4, 0.5) is 0 Å². The van der Waals surface area contributed by atoms with Crippen LogP contribution in [0.25, 0.3) is 0 Å². The van der Waals surface area contributed by atoms with E-state index in [0.717, 1.165) is 10.2 Å². The molecular weight excluding hydrogens is 393 g/mol. The molecule has 0 heterocycles. The van der Waals surface area contributed by atoms with Crippen molar-refractivity contribution < 1.29 is 29.0 Å². The molecule has 2 aromatic carbocycles. The molecule has 8 heteroatoms. The SMILES string of the molecule is CCCN(CC(O)COc1ccccc1C(=O)CCc1ccccc1)P(=O)(O)O. The van der Waals surface area contributed by atoms with E-state index in [1.165, 1.54) is 0 Å². The van der Waals surface area contributed by atoms with Gasteiger partial charge in [-0.05, 0) is 30.5 Å². The minimum Gasteiger partial charge on any atom is -0.490 e. The molecule has 0 aliphatic carbocycles. The quantitative estimate of drug-likeness (QED) is 0.357. The third-order valence-corrected chi connectivity index (χ3v) is 5.47. The lowest BCUT2D eigenvalue weighted by molar-refractivity contribution is 0.0806. The second-order valence-corrected chi connectivity index (χ2v) is 8.39. The van der Waals surface area contributed by atoms with Crippen molar-refractivity contribution >= 4 is 13.5 Å². The molecule has 0 aromatic heterocycles. The fourth-order valence-electron chi connectivity index (χ4n) is 2.93. The van der Waals surface area contributed by atoms with Crippen molar-refractivity contribution in [2.75, 3.05) is 19.7 Å². The summed E-state index contributed by atoms with van der Waals surface area (Å²) in [4.78, 5) is 31.3. The number of hydrogen-bond donors (Lipinski definition) is 3. The van der Waals surface area contributed by atoms with Crippen molar-refractivity contribution in [2.45, 2.75) is 32.3 Å². The fourth-order valence-corrected chi connectivity index (χ4v) is 3.79. The number of carbonyl (C=O) groups is 1. The Morgan fingerprint density at radius 3 is 2.41 bits per heavy atom. The minimum atomic E-state index is -4.44. The highest BCUT2D eigenvalue weighted by Gasteiger charge is 2.27. The maximum atomic E-state index is 12.6. The van der Waals surface area contributed by atoms with Gasteiger partial charge in [-0.25, -0.2) is 9.24 Å². The van der Waals surface area contributed by atoms with Gasteiger partial charge >= 0.3 is 7.75 Å². The summed E-state index contributed by atoms with van der Waals surface area (Å²) in [5, 5.41) is 10.2. The van der Waals surface area contributed by atoms with E-state index >= 15 is 0 Å². The van der Waals surface area contributed by atoms with E-state index in [-0.39, 0.29) is 25.5 Å². The molecule has 0 fully saturated rings. The van der Waals surface area contributed by atoms with Crippen molar-refractivity contribution in [1.29, 1.82) is 0 Å². The molecule has 1 unspecified atom stereocenters. The predicted octanol–water partition coefficient (Wildman–Crippen LogP) is 3.05. The van der Waals surface area contributed by atoms with E-state index in [4.69, 9.17) is 4.74 Å². The lowest BCUT2D eigenvalue weighted by atomic mass is 10.0. The number of hydrogen-bond acceptors (Lipinski definition) is 4. The van der Waals surface area contributed by atoms with Crippen LogP contribution in [-0.4, -0.2) is 51.1 Å². The number of Topliss-reactive ketones (excluding diaryl/α,β-unsaturated/α-hetero) is 1. The van der Waals surface area contributed by atoms with E-state index in [1.54, 1.807) is 31.2 Å². The molecule has 0 aliphatic rings. The molecule has 0 spiro atoms. The average Bonchev–Trinajstić information content (AvgIpc) is 2.70. The number of ether oxygens (including phenoxy) is 1.